The molecule has 0 saturated carbocycles. The lowest BCUT2D eigenvalue weighted by Crippen LogP contribution is -2.24. The number of amides is 1. The van der Waals surface area contributed by atoms with Crippen molar-refractivity contribution in [3.05, 3.63) is 77.2 Å². The van der Waals surface area contributed by atoms with Crippen LogP contribution < -0.4 is 10.6 Å². The predicted molar refractivity (Wildman–Crippen MR) is 99.8 cm³/mol. The average Bonchev–Trinajstić information content (AvgIpc) is 3.25. The minimum atomic E-state index is -0.0962. The van der Waals surface area contributed by atoms with Gasteiger partial charge < -0.3 is 10.6 Å². The summed E-state index contributed by atoms with van der Waals surface area (Å²) in [6.07, 6.45) is 4.17. The predicted octanol–water partition coefficient (Wildman–Crippen LogP) is 2.94. The number of fused-ring (bicyclic) bond motifs is 1. The van der Waals surface area contributed by atoms with Crippen LogP contribution in [0, 0.1) is 0 Å². The van der Waals surface area contributed by atoms with Gasteiger partial charge in [0.25, 0.3) is 5.91 Å². The second kappa shape index (κ2) is 7.00. The lowest BCUT2D eigenvalue weighted by atomic mass is 10.1. The Morgan fingerprint density at radius 3 is 2.73 bits per heavy atom. The number of rotatable bonds is 5. The summed E-state index contributed by atoms with van der Waals surface area (Å²) in [5, 5.41) is 11.1. The molecule has 1 amide bonds. The largest absolute Gasteiger partial charge is 0.361 e. The van der Waals surface area contributed by atoms with E-state index in [1.54, 1.807) is 12.4 Å². The number of pyridine rings is 1. The highest BCUT2D eigenvalue weighted by molar-refractivity contribution is 6.00. The Bertz CT molecular complexity index is 905. The molecule has 2 aromatic heterocycles. The number of benzene rings is 1. The molecule has 1 aromatic carbocycles. The van der Waals surface area contributed by atoms with Crippen molar-refractivity contribution in [2.75, 3.05) is 5.32 Å². The molecule has 2 N–H and O–H groups in total. The van der Waals surface area contributed by atoms with Gasteiger partial charge in [-0.1, -0.05) is 37.3 Å². The number of carbonyl (C=O) groups excluding carboxylic acids is 1. The van der Waals surface area contributed by atoms with Gasteiger partial charge in [0, 0.05) is 18.9 Å². The van der Waals surface area contributed by atoms with E-state index >= 15 is 0 Å². The quantitative estimate of drug-likeness (QED) is 0.744. The molecule has 1 atom stereocenters. The fraction of sp³-hybridized carbons (Fsp3) is 0.250. The number of hydrogen-bond acceptors (Lipinski definition) is 4. The van der Waals surface area contributed by atoms with Crippen LogP contribution in [-0.2, 0) is 19.5 Å². The van der Waals surface area contributed by atoms with Gasteiger partial charge in [-0.05, 0) is 29.7 Å². The van der Waals surface area contributed by atoms with E-state index in [0.29, 0.717) is 12.1 Å². The van der Waals surface area contributed by atoms with Gasteiger partial charge in [-0.2, -0.15) is 5.10 Å². The van der Waals surface area contributed by atoms with Gasteiger partial charge in [0.05, 0.1) is 18.3 Å². The van der Waals surface area contributed by atoms with Crippen LogP contribution in [0.2, 0.25) is 0 Å². The zero-order valence-corrected chi connectivity index (χ0v) is 14.6. The molecule has 3 aromatic rings. The SMILES string of the molecule is CCc1nn2c(c1C(=O)NCc1ccncc1)NC(c1ccccc1)C2. The van der Waals surface area contributed by atoms with E-state index in [0.717, 1.165) is 30.0 Å². The molecule has 0 aliphatic carbocycles. The second-order valence-corrected chi connectivity index (χ2v) is 6.35. The number of aryl methyl sites for hydroxylation is 1. The zero-order chi connectivity index (χ0) is 17.9. The van der Waals surface area contributed by atoms with Crippen molar-refractivity contribution >= 4 is 11.7 Å². The molecule has 0 spiro atoms. The summed E-state index contributed by atoms with van der Waals surface area (Å²) in [6.45, 7) is 3.22. The normalized spacial score (nSPS) is 15.3. The maximum absolute atomic E-state index is 12.8. The Hall–Kier alpha value is -3.15. The number of nitrogens with zero attached hydrogens (tertiary/aromatic N) is 3. The third-order valence-corrected chi connectivity index (χ3v) is 4.66. The first-order chi connectivity index (χ1) is 12.8. The summed E-state index contributed by atoms with van der Waals surface area (Å²) in [6, 6.07) is 14.2. The molecule has 26 heavy (non-hydrogen) atoms. The van der Waals surface area contributed by atoms with E-state index in [-0.39, 0.29) is 11.9 Å². The molecule has 1 unspecified atom stereocenters. The molecular formula is C20H21N5O. The third-order valence-electron chi connectivity index (χ3n) is 4.66. The number of aromatic nitrogens is 3. The lowest BCUT2D eigenvalue weighted by Gasteiger charge is -2.12. The van der Waals surface area contributed by atoms with Crippen molar-refractivity contribution in [1.82, 2.24) is 20.1 Å². The van der Waals surface area contributed by atoms with Crippen LogP contribution >= 0.6 is 0 Å². The highest BCUT2D eigenvalue weighted by Gasteiger charge is 2.30. The maximum Gasteiger partial charge on any atom is 0.257 e. The maximum atomic E-state index is 12.8. The van der Waals surface area contributed by atoms with Gasteiger partial charge in [0.1, 0.15) is 11.4 Å². The van der Waals surface area contributed by atoms with Crippen molar-refractivity contribution in [3.8, 4) is 0 Å². The third kappa shape index (κ3) is 3.06. The van der Waals surface area contributed by atoms with E-state index in [4.69, 9.17) is 0 Å². The van der Waals surface area contributed by atoms with E-state index in [2.05, 4.69) is 32.8 Å². The molecule has 0 radical (unpaired) electrons. The number of anilines is 1. The van der Waals surface area contributed by atoms with Crippen molar-refractivity contribution < 1.29 is 4.79 Å². The molecule has 132 valence electrons. The highest BCUT2D eigenvalue weighted by Crippen LogP contribution is 2.33. The van der Waals surface area contributed by atoms with Gasteiger partial charge in [-0.15, -0.1) is 0 Å². The monoisotopic (exact) mass is 347 g/mol. The molecule has 1 aliphatic rings. The van der Waals surface area contributed by atoms with Crippen LogP contribution in [0.25, 0.3) is 0 Å². The summed E-state index contributed by atoms with van der Waals surface area (Å²) >= 11 is 0. The smallest absolute Gasteiger partial charge is 0.257 e. The Morgan fingerprint density at radius 1 is 1.23 bits per heavy atom. The van der Waals surface area contributed by atoms with E-state index in [1.165, 1.54) is 5.56 Å². The molecule has 6 nitrogen and oxygen atoms in total. The van der Waals surface area contributed by atoms with Crippen LogP contribution in [0.3, 0.4) is 0 Å². The second-order valence-electron chi connectivity index (χ2n) is 6.35. The molecular weight excluding hydrogens is 326 g/mol. The fourth-order valence-electron chi connectivity index (χ4n) is 3.31. The van der Waals surface area contributed by atoms with Gasteiger partial charge in [-0.3, -0.25) is 9.78 Å². The summed E-state index contributed by atoms with van der Waals surface area (Å²) in [5.74, 6) is 0.712. The average molecular weight is 347 g/mol. The van der Waals surface area contributed by atoms with Crippen molar-refractivity contribution in [2.24, 2.45) is 0 Å². The number of hydrogen-bond donors (Lipinski definition) is 2. The van der Waals surface area contributed by atoms with Crippen molar-refractivity contribution in [3.63, 3.8) is 0 Å². The highest BCUT2D eigenvalue weighted by atomic mass is 16.1. The van der Waals surface area contributed by atoms with Crippen LogP contribution in [0.1, 0.15) is 40.1 Å². The van der Waals surface area contributed by atoms with Crippen molar-refractivity contribution in [2.45, 2.75) is 32.5 Å². The Morgan fingerprint density at radius 2 is 2.00 bits per heavy atom. The molecule has 3 heterocycles. The Kier molecular flexibility index (Phi) is 4.39. The van der Waals surface area contributed by atoms with Crippen LogP contribution in [0.4, 0.5) is 5.82 Å². The topological polar surface area (TPSA) is 71.8 Å². The molecule has 0 fully saturated rings. The summed E-state index contributed by atoms with van der Waals surface area (Å²) in [5.41, 5.74) is 3.69. The van der Waals surface area contributed by atoms with Crippen LogP contribution in [0.15, 0.2) is 54.9 Å². The Labute approximate surface area is 152 Å². The van der Waals surface area contributed by atoms with Crippen LogP contribution in [0.5, 0.6) is 0 Å². The molecule has 1 aliphatic heterocycles. The Balaban J connectivity index is 1.55. The lowest BCUT2D eigenvalue weighted by molar-refractivity contribution is 0.0951. The molecule has 0 bridgehead atoms. The van der Waals surface area contributed by atoms with Gasteiger partial charge in [-0.25, -0.2) is 4.68 Å². The van der Waals surface area contributed by atoms with Crippen LogP contribution in [-0.4, -0.2) is 20.7 Å². The van der Waals surface area contributed by atoms with Crippen molar-refractivity contribution in [1.29, 1.82) is 0 Å². The number of nitrogens with one attached hydrogen (secondary N) is 2. The zero-order valence-electron chi connectivity index (χ0n) is 14.6. The van der Waals surface area contributed by atoms with Gasteiger partial charge >= 0.3 is 0 Å². The first-order valence-corrected chi connectivity index (χ1v) is 8.84. The summed E-state index contributed by atoms with van der Waals surface area (Å²) in [7, 11) is 0. The number of carbonyl (C=O) groups is 1. The van der Waals surface area contributed by atoms with Gasteiger partial charge in [0.2, 0.25) is 0 Å². The van der Waals surface area contributed by atoms with E-state index in [9.17, 15) is 4.79 Å². The molecule has 6 heteroatoms. The first kappa shape index (κ1) is 16.3. The van der Waals surface area contributed by atoms with E-state index in [1.807, 2.05) is 41.9 Å². The summed E-state index contributed by atoms with van der Waals surface area (Å²) in [4.78, 5) is 16.8. The minimum absolute atomic E-state index is 0.0962. The van der Waals surface area contributed by atoms with Gasteiger partial charge in [0.15, 0.2) is 0 Å². The standard InChI is InChI=1S/C20H21N5O/c1-2-16-18(20(26)22-12-14-8-10-21-11-9-14)19-23-17(13-25(19)24-16)15-6-4-3-5-7-15/h3-11,17,23H,2,12-13H2,1H3,(H,22,26). The first-order valence-electron chi connectivity index (χ1n) is 8.84. The molecule has 4 rings (SSSR count). The summed E-state index contributed by atoms with van der Waals surface area (Å²) < 4.78 is 1.91. The minimum Gasteiger partial charge on any atom is -0.361 e. The molecule has 0 saturated heterocycles. The fourth-order valence-corrected chi connectivity index (χ4v) is 3.31. The van der Waals surface area contributed by atoms with E-state index < -0.39 is 0 Å².